The summed E-state index contributed by atoms with van der Waals surface area (Å²) >= 11 is 0. The summed E-state index contributed by atoms with van der Waals surface area (Å²) in [6.45, 7) is 5.72. The van der Waals surface area contributed by atoms with Crippen LogP contribution in [-0.4, -0.2) is 69.3 Å². The first-order valence-electron chi connectivity index (χ1n) is 8.31. The number of hydrogen-bond donors (Lipinski definition) is 0. The van der Waals surface area contributed by atoms with Gasteiger partial charge in [0.2, 0.25) is 5.76 Å². The maximum Gasteiger partial charge on any atom is 0.374 e. The van der Waals surface area contributed by atoms with Crippen LogP contribution in [0.4, 0.5) is 0 Å². The van der Waals surface area contributed by atoms with E-state index >= 15 is 0 Å². The second kappa shape index (κ2) is 7.68. The Morgan fingerprint density at radius 2 is 2.00 bits per heavy atom. The highest BCUT2D eigenvalue weighted by Gasteiger charge is 2.16. The van der Waals surface area contributed by atoms with E-state index in [4.69, 9.17) is 13.9 Å². The molecule has 1 aliphatic heterocycles. The fraction of sp³-hybridized carbons (Fsp3) is 0.500. The summed E-state index contributed by atoms with van der Waals surface area (Å²) in [7, 11) is 3.74. The fourth-order valence-corrected chi connectivity index (χ4v) is 2.83. The van der Waals surface area contributed by atoms with Gasteiger partial charge in [-0.05, 0) is 31.7 Å². The predicted molar refractivity (Wildman–Crippen MR) is 91.6 cm³/mol. The summed E-state index contributed by atoms with van der Waals surface area (Å²) in [6, 6.07) is 7.17. The van der Waals surface area contributed by atoms with E-state index in [0.29, 0.717) is 17.9 Å². The zero-order valence-corrected chi connectivity index (χ0v) is 14.3. The van der Waals surface area contributed by atoms with E-state index in [1.165, 1.54) is 0 Å². The smallest absolute Gasteiger partial charge is 0.374 e. The normalized spacial score (nSPS) is 16.4. The molecule has 3 rings (SSSR count). The molecule has 0 aliphatic carbocycles. The van der Waals surface area contributed by atoms with Crippen molar-refractivity contribution < 1.29 is 18.7 Å². The first-order chi connectivity index (χ1) is 11.7. The van der Waals surface area contributed by atoms with Gasteiger partial charge in [0.25, 0.3) is 0 Å². The molecule has 1 aromatic heterocycles. The molecular weight excluding hydrogens is 308 g/mol. The van der Waals surface area contributed by atoms with Gasteiger partial charge in [-0.25, -0.2) is 4.79 Å². The lowest BCUT2D eigenvalue weighted by atomic mass is 10.2. The van der Waals surface area contributed by atoms with Gasteiger partial charge in [0.15, 0.2) is 0 Å². The minimum atomic E-state index is -0.413. The van der Waals surface area contributed by atoms with Crippen LogP contribution in [0.5, 0.6) is 5.75 Å². The number of methoxy groups -OCH3 is 1. The molecule has 1 fully saturated rings. The Hall–Kier alpha value is -2.05. The third-order valence-electron chi connectivity index (χ3n) is 4.38. The van der Waals surface area contributed by atoms with Crippen molar-refractivity contribution in [1.82, 2.24) is 9.80 Å². The summed E-state index contributed by atoms with van der Waals surface area (Å²) in [5.74, 6) is 0.519. The number of piperazine rings is 1. The maximum atomic E-state index is 12.1. The lowest BCUT2D eigenvalue weighted by molar-refractivity contribution is 0.0447. The Bertz CT molecular complexity index is 689. The van der Waals surface area contributed by atoms with Crippen molar-refractivity contribution in [2.45, 2.75) is 6.42 Å². The number of furan rings is 1. The number of fused-ring (bicyclic) bond motifs is 1. The number of hydrogen-bond acceptors (Lipinski definition) is 6. The van der Waals surface area contributed by atoms with Crippen molar-refractivity contribution in [2.24, 2.45) is 0 Å². The van der Waals surface area contributed by atoms with Crippen LogP contribution in [-0.2, 0) is 4.74 Å². The van der Waals surface area contributed by atoms with E-state index in [-0.39, 0.29) is 5.76 Å². The van der Waals surface area contributed by atoms with Gasteiger partial charge in [-0.2, -0.15) is 0 Å². The first kappa shape index (κ1) is 16.8. The van der Waals surface area contributed by atoms with E-state index in [1.807, 2.05) is 12.1 Å². The van der Waals surface area contributed by atoms with Crippen molar-refractivity contribution in [3.8, 4) is 5.75 Å². The van der Waals surface area contributed by atoms with Crippen molar-refractivity contribution in [2.75, 3.05) is 53.5 Å². The third-order valence-corrected chi connectivity index (χ3v) is 4.38. The van der Waals surface area contributed by atoms with Crippen LogP contribution < -0.4 is 4.74 Å². The minimum absolute atomic E-state index is 0.234. The van der Waals surface area contributed by atoms with Gasteiger partial charge in [0.1, 0.15) is 11.3 Å². The van der Waals surface area contributed by atoms with Crippen molar-refractivity contribution in [1.29, 1.82) is 0 Å². The Labute approximate surface area is 141 Å². The van der Waals surface area contributed by atoms with Crippen molar-refractivity contribution in [3.05, 3.63) is 30.0 Å². The average Bonchev–Trinajstić information content (AvgIpc) is 3.03. The number of benzene rings is 1. The van der Waals surface area contributed by atoms with Gasteiger partial charge in [-0.3, -0.25) is 0 Å². The lowest BCUT2D eigenvalue weighted by Gasteiger charge is -2.32. The Kier molecular flexibility index (Phi) is 5.37. The number of esters is 1. The molecule has 0 spiro atoms. The van der Waals surface area contributed by atoms with Gasteiger partial charge in [0, 0.05) is 44.2 Å². The summed E-state index contributed by atoms with van der Waals surface area (Å²) in [6.07, 6.45) is 0.837. The molecule has 6 nitrogen and oxygen atoms in total. The molecule has 0 N–H and O–H groups in total. The van der Waals surface area contributed by atoms with Gasteiger partial charge in [-0.1, -0.05) is 0 Å². The highest BCUT2D eigenvalue weighted by molar-refractivity contribution is 5.92. The van der Waals surface area contributed by atoms with Crippen molar-refractivity contribution >= 4 is 16.9 Å². The molecule has 2 heterocycles. The molecule has 1 aliphatic rings. The summed E-state index contributed by atoms with van der Waals surface area (Å²) in [4.78, 5) is 16.8. The van der Waals surface area contributed by atoms with Gasteiger partial charge in [-0.15, -0.1) is 0 Å². The Balaban J connectivity index is 1.46. The zero-order chi connectivity index (χ0) is 16.9. The Morgan fingerprint density at radius 1 is 1.21 bits per heavy atom. The highest BCUT2D eigenvalue weighted by Crippen LogP contribution is 2.24. The standard InChI is InChI=1S/C18H24N2O4/c1-19-7-9-20(10-8-19)6-3-11-23-18(21)17-12-14-4-5-15(22-2)13-16(14)24-17/h4-5,12-13H,3,6-11H2,1-2H3. The molecule has 0 saturated carbocycles. The molecule has 0 unspecified atom stereocenters. The molecule has 0 bridgehead atoms. The third kappa shape index (κ3) is 4.07. The van der Waals surface area contributed by atoms with Crippen LogP contribution in [0, 0.1) is 0 Å². The average molecular weight is 332 g/mol. The number of nitrogens with zero attached hydrogens (tertiary/aromatic N) is 2. The molecule has 2 aromatic rings. The quantitative estimate of drug-likeness (QED) is 0.597. The van der Waals surface area contributed by atoms with E-state index in [1.54, 1.807) is 19.2 Å². The number of likely N-dealkylation sites (N-methyl/N-ethyl adjacent to an activating group) is 1. The molecule has 0 atom stereocenters. The minimum Gasteiger partial charge on any atom is -0.497 e. The molecule has 130 valence electrons. The molecule has 24 heavy (non-hydrogen) atoms. The molecule has 0 amide bonds. The highest BCUT2D eigenvalue weighted by atomic mass is 16.5. The number of carbonyl (C=O) groups excluding carboxylic acids is 1. The topological polar surface area (TPSA) is 55.2 Å². The summed E-state index contributed by atoms with van der Waals surface area (Å²) < 4.78 is 16.0. The van der Waals surface area contributed by atoms with E-state index in [2.05, 4.69) is 16.8 Å². The molecule has 6 heteroatoms. The van der Waals surface area contributed by atoms with Crippen LogP contribution in [0.25, 0.3) is 11.0 Å². The van der Waals surface area contributed by atoms with Gasteiger partial charge in [0.05, 0.1) is 13.7 Å². The first-order valence-corrected chi connectivity index (χ1v) is 8.31. The van der Waals surface area contributed by atoms with Crippen LogP contribution in [0.1, 0.15) is 17.0 Å². The number of ether oxygens (including phenoxy) is 2. The predicted octanol–water partition coefficient (Wildman–Crippen LogP) is 2.24. The lowest BCUT2D eigenvalue weighted by Crippen LogP contribution is -2.44. The zero-order valence-electron chi connectivity index (χ0n) is 14.3. The van der Waals surface area contributed by atoms with E-state index in [9.17, 15) is 4.79 Å². The fourth-order valence-electron chi connectivity index (χ4n) is 2.83. The monoisotopic (exact) mass is 332 g/mol. The van der Waals surface area contributed by atoms with E-state index < -0.39 is 5.97 Å². The summed E-state index contributed by atoms with van der Waals surface area (Å²) in [5, 5.41) is 0.861. The largest absolute Gasteiger partial charge is 0.497 e. The van der Waals surface area contributed by atoms with E-state index in [0.717, 1.165) is 44.5 Å². The van der Waals surface area contributed by atoms with Crippen LogP contribution >= 0.6 is 0 Å². The molecular formula is C18H24N2O4. The van der Waals surface area contributed by atoms with Crippen LogP contribution in [0.15, 0.2) is 28.7 Å². The molecule has 1 aromatic carbocycles. The number of rotatable bonds is 6. The van der Waals surface area contributed by atoms with Crippen LogP contribution in [0.2, 0.25) is 0 Å². The second-order valence-corrected chi connectivity index (χ2v) is 6.15. The summed E-state index contributed by atoms with van der Waals surface area (Å²) in [5.41, 5.74) is 0.624. The van der Waals surface area contributed by atoms with Crippen molar-refractivity contribution in [3.63, 3.8) is 0 Å². The molecule has 1 saturated heterocycles. The van der Waals surface area contributed by atoms with Crippen LogP contribution in [0.3, 0.4) is 0 Å². The maximum absolute atomic E-state index is 12.1. The Morgan fingerprint density at radius 3 is 2.75 bits per heavy atom. The second-order valence-electron chi connectivity index (χ2n) is 6.15. The van der Waals surface area contributed by atoms with Gasteiger partial charge < -0.3 is 23.7 Å². The molecule has 0 radical (unpaired) electrons. The van der Waals surface area contributed by atoms with Gasteiger partial charge >= 0.3 is 5.97 Å². The number of carbonyl (C=O) groups is 1. The SMILES string of the molecule is COc1ccc2cc(C(=O)OCCCN3CCN(C)CC3)oc2c1.